The van der Waals surface area contributed by atoms with E-state index in [1.807, 2.05) is 50.5 Å². The van der Waals surface area contributed by atoms with Crippen LogP contribution in [-0.2, 0) is 0 Å². The van der Waals surface area contributed by atoms with E-state index >= 15 is 0 Å². The van der Waals surface area contributed by atoms with Gasteiger partial charge in [0.2, 0.25) is 0 Å². The van der Waals surface area contributed by atoms with Gasteiger partial charge in [0.15, 0.2) is 5.16 Å². The van der Waals surface area contributed by atoms with Crippen LogP contribution in [0.2, 0.25) is 5.02 Å². The van der Waals surface area contributed by atoms with Gasteiger partial charge in [0.1, 0.15) is 0 Å². The van der Waals surface area contributed by atoms with Gasteiger partial charge in [0.05, 0.1) is 16.6 Å². The normalized spacial score (nSPS) is 12.7. The zero-order chi connectivity index (χ0) is 18.0. The molecule has 3 rings (SSSR count). The number of benzene rings is 2. The molecule has 0 aliphatic rings. The quantitative estimate of drug-likeness (QED) is 0.499. The van der Waals surface area contributed by atoms with Crippen molar-refractivity contribution in [3.05, 3.63) is 63.9 Å². The minimum Gasteiger partial charge on any atom is -0.306 e. The van der Waals surface area contributed by atoms with Crippen LogP contribution in [0, 0.1) is 0 Å². The summed E-state index contributed by atoms with van der Waals surface area (Å²) >= 11 is 7.59. The molecular formula is C19H20ClN3OS. The molecule has 3 aromatic rings. The SMILES string of the molecule is CC(CSc1nc2ccccc2c(=O)n1-c1ccc(Cl)cc1)N(C)C. The molecule has 0 fully saturated rings. The number of fused-ring (bicyclic) bond motifs is 1. The molecule has 1 heterocycles. The van der Waals surface area contributed by atoms with E-state index in [4.69, 9.17) is 16.6 Å². The summed E-state index contributed by atoms with van der Waals surface area (Å²) in [4.78, 5) is 20.0. The molecule has 0 saturated carbocycles. The van der Waals surface area contributed by atoms with Crippen molar-refractivity contribution >= 4 is 34.3 Å². The highest BCUT2D eigenvalue weighted by molar-refractivity contribution is 7.99. The first-order chi connectivity index (χ1) is 12.0. The number of hydrogen-bond acceptors (Lipinski definition) is 4. The lowest BCUT2D eigenvalue weighted by Crippen LogP contribution is -2.28. The Morgan fingerprint density at radius 2 is 1.84 bits per heavy atom. The van der Waals surface area contributed by atoms with Crippen molar-refractivity contribution in [2.75, 3.05) is 19.8 Å². The second-order valence-corrected chi connectivity index (χ2v) is 7.58. The first-order valence-electron chi connectivity index (χ1n) is 8.04. The number of rotatable bonds is 5. The van der Waals surface area contributed by atoms with Crippen LogP contribution in [0.25, 0.3) is 16.6 Å². The maximum absolute atomic E-state index is 13.1. The lowest BCUT2D eigenvalue weighted by molar-refractivity contribution is 0.340. The van der Waals surface area contributed by atoms with E-state index in [9.17, 15) is 4.79 Å². The lowest BCUT2D eigenvalue weighted by Gasteiger charge is -2.20. The van der Waals surface area contributed by atoms with Gasteiger partial charge in [0.25, 0.3) is 5.56 Å². The maximum atomic E-state index is 13.1. The second-order valence-electron chi connectivity index (χ2n) is 6.15. The van der Waals surface area contributed by atoms with Crippen LogP contribution in [0.4, 0.5) is 0 Å². The molecule has 0 aliphatic heterocycles. The topological polar surface area (TPSA) is 38.1 Å². The van der Waals surface area contributed by atoms with Crippen molar-refractivity contribution in [2.45, 2.75) is 18.1 Å². The molecule has 130 valence electrons. The van der Waals surface area contributed by atoms with E-state index in [-0.39, 0.29) is 5.56 Å². The molecule has 0 radical (unpaired) electrons. The van der Waals surface area contributed by atoms with Gasteiger partial charge in [-0.2, -0.15) is 0 Å². The number of halogens is 1. The highest BCUT2D eigenvalue weighted by Gasteiger charge is 2.15. The molecule has 1 aromatic heterocycles. The molecule has 2 aromatic carbocycles. The minimum atomic E-state index is -0.0621. The molecule has 0 bridgehead atoms. The summed E-state index contributed by atoms with van der Waals surface area (Å²) < 4.78 is 1.67. The molecule has 6 heteroatoms. The van der Waals surface area contributed by atoms with E-state index in [0.29, 0.717) is 21.6 Å². The Bertz CT molecular complexity index is 938. The van der Waals surface area contributed by atoms with Crippen LogP contribution in [-0.4, -0.2) is 40.3 Å². The van der Waals surface area contributed by atoms with Gasteiger partial charge < -0.3 is 4.90 Å². The highest BCUT2D eigenvalue weighted by Crippen LogP contribution is 2.23. The molecule has 0 amide bonds. The number of thioether (sulfide) groups is 1. The fourth-order valence-electron chi connectivity index (χ4n) is 2.37. The molecule has 1 unspecified atom stereocenters. The van der Waals surface area contributed by atoms with Crippen molar-refractivity contribution in [1.82, 2.24) is 14.5 Å². The Morgan fingerprint density at radius 3 is 2.52 bits per heavy atom. The number of aromatic nitrogens is 2. The van der Waals surface area contributed by atoms with Gasteiger partial charge >= 0.3 is 0 Å². The number of para-hydroxylation sites is 1. The second kappa shape index (κ2) is 7.60. The Hall–Kier alpha value is -1.82. The first kappa shape index (κ1) is 18.0. The third-order valence-corrected chi connectivity index (χ3v) is 5.60. The minimum absolute atomic E-state index is 0.0621. The molecule has 1 atom stereocenters. The van der Waals surface area contributed by atoms with E-state index in [1.54, 1.807) is 28.5 Å². The Labute approximate surface area is 156 Å². The fraction of sp³-hybridized carbons (Fsp3) is 0.263. The molecule has 4 nitrogen and oxygen atoms in total. The summed E-state index contributed by atoms with van der Waals surface area (Å²) in [7, 11) is 4.09. The molecular weight excluding hydrogens is 354 g/mol. The van der Waals surface area contributed by atoms with Gasteiger partial charge in [-0.25, -0.2) is 4.98 Å². The third-order valence-electron chi connectivity index (χ3n) is 4.16. The summed E-state index contributed by atoms with van der Waals surface area (Å²) in [6.45, 7) is 2.15. The molecule has 0 spiro atoms. The Balaban J connectivity index is 2.14. The van der Waals surface area contributed by atoms with E-state index in [0.717, 1.165) is 17.0 Å². The van der Waals surface area contributed by atoms with Gasteiger partial charge in [-0.1, -0.05) is 35.5 Å². The average molecular weight is 374 g/mol. The largest absolute Gasteiger partial charge is 0.306 e. The van der Waals surface area contributed by atoms with Gasteiger partial charge in [-0.15, -0.1) is 0 Å². The van der Waals surface area contributed by atoms with Crippen molar-refractivity contribution in [3.8, 4) is 5.69 Å². The lowest BCUT2D eigenvalue weighted by atomic mass is 10.2. The van der Waals surface area contributed by atoms with Crippen LogP contribution >= 0.6 is 23.4 Å². The molecule has 0 aliphatic carbocycles. The van der Waals surface area contributed by atoms with Gasteiger partial charge in [0, 0.05) is 16.8 Å². The third kappa shape index (κ3) is 3.89. The van der Waals surface area contributed by atoms with Crippen LogP contribution in [0.1, 0.15) is 6.92 Å². The molecule has 0 saturated heterocycles. The summed E-state index contributed by atoms with van der Waals surface area (Å²) in [5.74, 6) is 0.839. The van der Waals surface area contributed by atoms with Crippen molar-refractivity contribution < 1.29 is 0 Å². The van der Waals surface area contributed by atoms with Crippen molar-refractivity contribution in [2.24, 2.45) is 0 Å². The average Bonchev–Trinajstić information content (AvgIpc) is 2.61. The molecule has 25 heavy (non-hydrogen) atoms. The van der Waals surface area contributed by atoms with Crippen LogP contribution in [0.3, 0.4) is 0 Å². The summed E-state index contributed by atoms with van der Waals surface area (Å²) in [6, 6.07) is 15.1. The smallest absolute Gasteiger partial charge is 0.266 e. The predicted octanol–water partition coefficient (Wildman–Crippen LogP) is 4.08. The van der Waals surface area contributed by atoms with Crippen LogP contribution in [0.5, 0.6) is 0 Å². The van der Waals surface area contributed by atoms with Crippen LogP contribution in [0.15, 0.2) is 58.5 Å². The Morgan fingerprint density at radius 1 is 1.16 bits per heavy atom. The monoisotopic (exact) mass is 373 g/mol. The van der Waals surface area contributed by atoms with Crippen LogP contribution < -0.4 is 5.56 Å². The van der Waals surface area contributed by atoms with Gasteiger partial charge in [-0.3, -0.25) is 9.36 Å². The standard InChI is InChI=1S/C19H20ClN3OS/c1-13(22(2)3)12-25-19-21-17-7-5-4-6-16(17)18(24)23(19)15-10-8-14(20)9-11-15/h4-11,13H,12H2,1-3H3. The zero-order valence-corrected chi connectivity index (χ0v) is 16.0. The molecule has 0 N–H and O–H groups in total. The summed E-state index contributed by atoms with van der Waals surface area (Å²) in [5.41, 5.74) is 1.43. The zero-order valence-electron chi connectivity index (χ0n) is 14.4. The van der Waals surface area contributed by atoms with E-state index < -0.39 is 0 Å². The van der Waals surface area contributed by atoms with E-state index in [1.165, 1.54) is 0 Å². The maximum Gasteiger partial charge on any atom is 0.266 e. The first-order valence-corrected chi connectivity index (χ1v) is 9.40. The summed E-state index contributed by atoms with van der Waals surface area (Å²) in [5, 5.41) is 1.95. The highest BCUT2D eigenvalue weighted by atomic mass is 35.5. The van der Waals surface area contributed by atoms with Gasteiger partial charge in [-0.05, 0) is 57.4 Å². The van der Waals surface area contributed by atoms with Crippen molar-refractivity contribution in [1.29, 1.82) is 0 Å². The summed E-state index contributed by atoms with van der Waals surface area (Å²) in [6.07, 6.45) is 0. The number of hydrogen-bond donors (Lipinski definition) is 0. The van der Waals surface area contributed by atoms with E-state index in [2.05, 4.69) is 11.8 Å². The predicted molar refractivity (Wildman–Crippen MR) is 106 cm³/mol. The Kier molecular flexibility index (Phi) is 5.47. The number of nitrogens with zero attached hydrogens (tertiary/aromatic N) is 3. The van der Waals surface area contributed by atoms with Crippen molar-refractivity contribution in [3.63, 3.8) is 0 Å². The fourth-order valence-corrected chi connectivity index (χ4v) is 3.67.